The first-order valence-corrected chi connectivity index (χ1v) is 5.58. The first kappa shape index (κ1) is 12.8. The minimum Gasteiger partial charge on any atom is -0.395 e. The lowest BCUT2D eigenvalue weighted by molar-refractivity contribution is -0.123. The Morgan fingerprint density at radius 3 is 2.60 bits per heavy atom. The maximum atomic E-state index is 11.6. The minimum absolute atomic E-state index is 0.0460. The molecule has 1 amide bonds. The van der Waals surface area contributed by atoms with Crippen LogP contribution in [-0.4, -0.2) is 24.2 Å². The van der Waals surface area contributed by atoms with E-state index in [0.717, 1.165) is 0 Å². The minimum atomic E-state index is -0.103. The van der Waals surface area contributed by atoms with Crippen LogP contribution in [0.5, 0.6) is 0 Å². The van der Waals surface area contributed by atoms with Crippen LogP contribution >= 0.6 is 23.2 Å². The Bertz CT molecular complexity index is 285. The molecule has 1 fully saturated rings. The standard InChI is InChI=1S/C10H15Cl2NO2/c1-10(2)6(5-7(11)12)8(10)9(15)13-3-4-14/h5-6,8,14H,3-4H2,1-2H3,(H,13,15)/t6-,8+/m0/s1. The molecule has 15 heavy (non-hydrogen) atoms. The molecule has 0 radical (unpaired) electrons. The lowest BCUT2D eigenvalue weighted by atomic mass is 10.1. The number of rotatable bonds is 4. The second-order valence-corrected chi connectivity index (χ2v) is 5.30. The molecule has 0 heterocycles. The van der Waals surface area contributed by atoms with Gasteiger partial charge in [0.25, 0.3) is 0 Å². The number of halogens is 2. The zero-order chi connectivity index (χ0) is 11.6. The van der Waals surface area contributed by atoms with Gasteiger partial charge in [0, 0.05) is 6.54 Å². The molecule has 0 aromatic carbocycles. The third-order valence-corrected chi connectivity index (χ3v) is 3.16. The van der Waals surface area contributed by atoms with Crippen LogP contribution in [0.15, 0.2) is 10.6 Å². The van der Waals surface area contributed by atoms with Crippen molar-refractivity contribution in [3.8, 4) is 0 Å². The van der Waals surface area contributed by atoms with Crippen LogP contribution in [0.4, 0.5) is 0 Å². The van der Waals surface area contributed by atoms with Crippen molar-refractivity contribution in [2.75, 3.05) is 13.2 Å². The number of hydrogen-bond donors (Lipinski definition) is 2. The van der Waals surface area contributed by atoms with E-state index in [-0.39, 0.29) is 40.8 Å². The highest BCUT2D eigenvalue weighted by Crippen LogP contribution is 2.59. The molecular weight excluding hydrogens is 237 g/mol. The van der Waals surface area contributed by atoms with Gasteiger partial charge in [-0.05, 0) is 17.4 Å². The SMILES string of the molecule is CC1(C)[C@@H](C=C(Cl)Cl)[C@@H]1C(=O)NCCO. The molecule has 0 aliphatic heterocycles. The fraction of sp³-hybridized carbons (Fsp3) is 0.700. The molecule has 0 saturated heterocycles. The van der Waals surface area contributed by atoms with Gasteiger partial charge in [-0.3, -0.25) is 4.79 Å². The number of aliphatic hydroxyl groups excluding tert-OH is 1. The molecule has 5 heteroatoms. The lowest BCUT2D eigenvalue weighted by Crippen LogP contribution is -2.29. The highest BCUT2D eigenvalue weighted by atomic mass is 35.5. The predicted molar refractivity (Wildman–Crippen MR) is 60.6 cm³/mol. The summed E-state index contributed by atoms with van der Waals surface area (Å²) in [5.41, 5.74) is -0.103. The van der Waals surface area contributed by atoms with E-state index in [1.54, 1.807) is 6.08 Å². The number of carbonyl (C=O) groups is 1. The number of amides is 1. The van der Waals surface area contributed by atoms with Gasteiger partial charge in [-0.25, -0.2) is 0 Å². The fourth-order valence-electron chi connectivity index (χ4n) is 1.91. The van der Waals surface area contributed by atoms with E-state index in [9.17, 15) is 4.79 Å². The Hall–Kier alpha value is -0.250. The van der Waals surface area contributed by atoms with E-state index < -0.39 is 0 Å². The predicted octanol–water partition coefficient (Wildman–Crippen LogP) is 1.69. The van der Waals surface area contributed by atoms with Gasteiger partial charge in [0.2, 0.25) is 5.91 Å². The van der Waals surface area contributed by atoms with E-state index in [1.165, 1.54) is 0 Å². The Balaban J connectivity index is 2.58. The van der Waals surface area contributed by atoms with Crippen LogP contribution in [0.3, 0.4) is 0 Å². The molecule has 1 rings (SSSR count). The highest BCUT2D eigenvalue weighted by molar-refractivity contribution is 6.55. The van der Waals surface area contributed by atoms with Gasteiger partial charge in [0.15, 0.2) is 0 Å². The van der Waals surface area contributed by atoms with Crippen LogP contribution in [-0.2, 0) is 4.79 Å². The molecule has 3 nitrogen and oxygen atoms in total. The lowest BCUT2D eigenvalue weighted by Gasteiger charge is -2.03. The summed E-state index contributed by atoms with van der Waals surface area (Å²) < 4.78 is 0.200. The van der Waals surface area contributed by atoms with Gasteiger partial charge in [0.05, 0.1) is 12.5 Å². The maximum Gasteiger partial charge on any atom is 0.224 e. The number of carbonyl (C=O) groups excluding carboxylic acids is 1. The molecule has 1 aliphatic carbocycles. The molecule has 1 aliphatic rings. The summed E-state index contributed by atoms with van der Waals surface area (Å²) in [6.07, 6.45) is 1.70. The second kappa shape index (κ2) is 4.73. The van der Waals surface area contributed by atoms with Gasteiger partial charge < -0.3 is 10.4 Å². The van der Waals surface area contributed by atoms with Gasteiger partial charge in [-0.2, -0.15) is 0 Å². The summed E-state index contributed by atoms with van der Waals surface area (Å²) >= 11 is 11.1. The number of nitrogens with one attached hydrogen (secondary N) is 1. The summed E-state index contributed by atoms with van der Waals surface area (Å²) in [6, 6.07) is 0. The summed E-state index contributed by atoms with van der Waals surface area (Å²) in [4.78, 5) is 11.6. The van der Waals surface area contributed by atoms with Gasteiger partial charge >= 0.3 is 0 Å². The Labute approximate surface area is 99.4 Å². The number of hydrogen-bond acceptors (Lipinski definition) is 2. The van der Waals surface area contributed by atoms with Gasteiger partial charge in [0.1, 0.15) is 4.49 Å². The molecule has 0 aromatic rings. The quantitative estimate of drug-likeness (QED) is 0.799. The highest BCUT2D eigenvalue weighted by Gasteiger charge is 2.60. The van der Waals surface area contributed by atoms with Crippen LogP contribution in [0.2, 0.25) is 0 Å². The summed E-state index contributed by atoms with van der Waals surface area (Å²) in [7, 11) is 0. The van der Waals surface area contributed by atoms with Crippen LogP contribution in [0.25, 0.3) is 0 Å². The zero-order valence-corrected chi connectivity index (χ0v) is 10.3. The van der Waals surface area contributed by atoms with Crippen molar-refractivity contribution in [2.45, 2.75) is 13.8 Å². The summed E-state index contributed by atoms with van der Waals surface area (Å²) in [6.45, 7) is 4.23. The Kier molecular flexibility index (Phi) is 4.04. The van der Waals surface area contributed by atoms with Crippen molar-refractivity contribution in [1.82, 2.24) is 5.32 Å². The maximum absolute atomic E-state index is 11.6. The molecule has 0 spiro atoms. The van der Waals surface area contributed by atoms with E-state index >= 15 is 0 Å². The number of aliphatic hydroxyl groups is 1. The van der Waals surface area contributed by atoms with Crippen molar-refractivity contribution in [2.24, 2.45) is 17.3 Å². The van der Waals surface area contributed by atoms with Crippen molar-refractivity contribution in [3.05, 3.63) is 10.6 Å². The van der Waals surface area contributed by atoms with Gasteiger partial charge in [-0.15, -0.1) is 0 Å². The average molecular weight is 252 g/mol. The molecule has 2 atom stereocenters. The van der Waals surface area contributed by atoms with Crippen molar-refractivity contribution in [3.63, 3.8) is 0 Å². The average Bonchev–Trinajstić information content (AvgIpc) is 2.63. The summed E-state index contributed by atoms with van der Waals surface area (Å²) in [5.74, 6) is -0.0670. The molecule has 86 valence electrons. The van der Waals surface area contributed by atoms with Crippen LogP contribution in [0, 0.1) is 17.3 Å². The smallest absolute Gasteiger partial charge is 0.224 e. The third kappa shape index (κ3) is 2.86. The van der Waals surface area contributed by atoms with E-state index in [2.05, 4.69) is 5.32 Å². The van der Waals surface area contributed by atoms with Gasteiger partial charge in [-0.1, -0.05) is 37.0 Å². The molecule has 0 unspecified atom stereocenters. The Morgan fingerprint density at radius 2 is 2.13 bits per heavy atom. The van der Waals surface area contributed by atoms with Crippen LogP contribution in [0.1, 0.15) is 13.8 Å². The molecule has 0 bridgehead atoms. The first-order chi connectivity index (χ1) is 6.91. The van der Waals surface area contributed by atoms with Crippen LogP contribution < -0.4 is 5.32 Å². The summed E-state index contributed by atoms with van der Waals surface area (Å²) in [5, 5.41) is 11.2. The second-order valence-electron chi connectivity index (χ2n) is 4.30. The normalized spacial score (nSPS) is 27.0. The zero-order valence-electron chi connectivity index (χ0n) is 8.76. The molecule has 2 N–H and O–H groups in total. The van der Waals surface area contributed by atoms with E-state index in [0.29, 0.717) is 0 Å². The van der Waals surface area contributed by atoms with Crippen molar-refractivity contribution >= 4 is 29.1 Å². The molecule has 0 aromatic heterocycles. The third-order valence-electron chi connectivity index (χ3n) is 2.91. The molecular formula is C10H15Cl2NO2. The number of allylic oxidation sites excluding steroid dienone is 1. The molecule has 1 saturated carbocycles. The Morgan fingerprint density at radius 1 is 1.53 bits per heavy atom. The van der Waals surface area contributed by atoms with Crippen molar-refractivity contribution < 1.29 is 9.90 Å². The largest absolute Gasteiger partial charge is 0.395 e. The van der Waals surface area contributed by atoms with Crippen molar-refractivity contribution in [1.29, 1.82) is 0 Å². The fourth-order valence-corrected chi connectivity index (χ4v) is 2.19. The monoisotopic (exact) mass is 251 g/mol. The topological polar surface area (TPSA) is 49.3 Å². The van der Waals surface area contributed by atoms with E-state index in [4.69, 9.17) is 28.3 Å². The first-order valence-electron chi connectivity index (χ1n) is 4.82. The van der Waals surface area contributed by atoms with E-state index in [1.807, 2.05) is 13.8 Å².